The van der Waals surface area contributed by atoms with Gasteiger partial charge in [0, 0.05) is 6.42 Å². The minimum atomic E-state index is -0.720. The summed E-state index contributed by atoms with van der Waals surface area (Å²) in [6, 6.07) is 0. The first-order valence-electron chi connectivity index (χ1n) is 4.63. The summed E-state index contributed by atoms with van der Waals surface area (Å²) in [6.07, 6.45) is 4.44. The fourth-order valence-corrected chi connectivity index (χ4v) is 2.29. The molecule has 1 saturated carbocycles. The van der Waals surface area contributed by atoms with Crippen LogP contribution in [0.25, 0.3) is 0 Å². The van der Waals surface area contributed by atoms with Gasteiger partial charge in [0.25, 0.3) is 0 Å². The van der Waals surface area contributed by atoms with Gasteiger partial charge < -0.3 is 5.11 Å². The van der Waals surface area contributed by atoms with E-state index in [-0.39, 0.29) is 11.7 Å². The number of aliphatic carboxylic acids is 1. The number of fused-ring (bicyclic) bond motifs is 1. The van der Waals surface area contributed by atoms with E-state index in [0.717, 1.165) is 18.4 Å². The number of rotatable bonds is 1. The van der Waals surface area contributed by atoms with Crippen molar-refractivity contribution in [1.29, 1.82) is 0 Å². The van der Waals surface area contributed by atoms with Crippen LogP contribution in [0.3, 0.4) is 0 Å². The predicted molar refractivity (Wildman–Crippen MR) is 46.2 cm³/mol. The van der Waals surface area contributed by atoms with Gasteiger partial charge in [0.2, 0.25) is 0 Å². The summed E-state index contributed by atoms with van der Waals surface area (Å²) in [4.78, 5) is 21.8. The third-order valence-corrected chi connectivity index (χ3v) is 3.01. The van der Waals surface area contributed by atoms with Gasteiger partial charge in [-0.25, -0.2) is 0 Å². The summed E-state index contributed by atoms with van der Waals surface area (Å²) in [5.74, 6) is -0.430. The Kier molecular flexibility index (Phi) is 1.94. The Hall–Kier alpha value is -1.12. The Morgan fingerprint density at radius 2 is 2.31 bits per heavy atom. The molecular formula is C10H12O3. The molecule has 0 saturated heterocycles. The van der Waals surface area contributed by atoms with E-state index in [1.165, 1.54) is 0 Å². The highest BCUT2D eigenvalue weighted by molar-refractivity contribution is 5.91. The van der Waals surface area contributed by atoms with Crippen molar-refractivity contribution in [2.24, 2.45) is 11.8 Å². The summed E-state index contributed by atoms with van der Waals surface area (Å²) < 4.78 is 0. The van der Waals surface area contributed by atoms with Crippen molar-refractivity contribution in [3.05, 3.63) is 11.6 Å². The van der Waals surface area contributed by atoms with Gasteiger partial charge in [-0.1, -0.05) is 5.57 Å². The SMILES string of the molecule is O=C1C=C2C[C@@H](C(=O)O)C[C@@H]2CC1. The maximum atomic E-state index is 11.1. The van der Waals surface area contributed by atoms with Crippen LogP contribution in [0.4, 0.5) is 0 Å². The normalized spacial score (nSPS) is 32.6. The molecule has 13 heavy (non-hydrogen) atoms. The minimum Gasteiger partial charge on any atom is -0.481 e. The maximum Gasteiger partial charge on any atom is 0.306 e. The van der Waals surface area contributed by atoms with Crippen LogP contribution in [-0.2, 0) is 9.59 Å². The number of carboxylic acid groups (broad SMARTS) is 1. The Morgan fingerprint density at radius 1 is 1.54 bits per heavy atom. The Labute approximate surface area is 76.4 Å². The fourth-order valence-electron chi connectivity index (χ4n) is 2.29. The smallest absolute Gasteiger partial charge is 0.306 e. The number of carbonyl (C=O) groups is 2. The van der Waals surface area contributed by atoms with Crippen LogP contribution in [0.15, 0.2) is 11.6 Å². The summed E-state index contributed by atoms with van der Waals surface area (Å²) in [5, 5.41) is 8.81. The molecule has 3 nitrogen and oxygen atoms in total. The first kappa shape index (κ1) is 8.48. The summed E-state index contributed by atoms with van der Waals surface area (Å²) >= 11 is 0. The van der Waals surface area contributed by atoms with E-state index in [0.29, 0.717) is 18.8 Å². The second-order valence-corrected chi connectivity index (χ2v) is 3.90. The molecule has 0 unspecified atom stereocenters. The van der Waals surface area contributed by atoms with Crippen LogP contribution in [0, 0.1) is 11.8 Å². The Bertz CT molecular complexity index is 291. The van der Waals surface area contributed by atoms with Gasteiger partial charge in [0.15, 0.2) is 5.78 Å². The van der Waals surface area contributed by atoms with Crippen LogP contribution in [0.2, 0.25) is 0 Å². The quantitative estimate of drug-likeness (QED) is 0.663. The molecular weight excluding hydrogens is 168 g/mol. The zero-order valence-corrected chi connectivity index (χ0v) is 7.32. The predicted octanol–water partition coefficient (Wildman–Crippen LogP) is 1.39. The molecule has 0 bridgehead atoms. The van der Waals surface area contributed by atoms with E-state index in [4.69, 9.17) is 5.11 Å². The highest BCUT2D eigenvalue weighted by Crippen LogP contribution is 2.40. The molecule has 0 aliphatic heterocycles. The summed E-state index contributed by atoms with van der Waals surface area (Å²) in [5.41, 5.74) is 1.07. The van der Waals surface area contributed by atoms with Gasteiger partial charge in [-0.3, -0.25) is 9.59 Å². The van der Waals surface area contributed by atoms with Gasteiger partial charge >= 0.3 is 5.97 Å². The lowest BCUT2D eigenvalue weighted by Gasteiger charge is -2.14. The molecule has 1 fully saturated rings. The number of allylic oxidation sites excluding steroid dienone is 2. The van der Waals surface area contributed by atoms with Crippen LogP contribution in [0.1, 0.15) is 25.7 Å². The third kappa shape index (κ3) is 1.50. The van der Waals surface area contributed by atoms with E-state index in [1.54, 1.807) is 6.08 Å². The van der Waals surface area contributed by atoms with Crippen LogP contribution >= 0.6 is 0 Å². The average Bonchev–Trinajstić information content (AvgIpc) is 2.46. The van der Waals surface area contributed by atoms with E-state index in [9.17, 15) is 9.59 Å². The average molecular weight is 180 g/mol. The van der Waals surface area contributed by atoms with Crippen molar-refractivity contribution in [2.75, 3.05) is 0 Å². The topological polar surface area (TPSA) is 54.4 Å². The van der Waals surface area contributed by atoms with Gasteiger partial charge in [0.05, 0.1) is 5.92 Å². The molecule has 2 rings (SSSR count). The number of carboxylic acids is 1. The van der Waals surface area contributed by atoms with Crippen LogP contribution in [0.5, 0.6) is 0 Å². The molecule has 2 atom stereocenters. The molecule has 0 spiro atoms. The standard InChI is InChI=1S/C10H12O3/c11-9-2-1-6-3-8(10(12)13)4-7(6)5-9/h5-6,8H,1-4H2,(H,12,13)/t6-,8-/m0/s1. The van der Waals surface area contributed by atoms with Gasteiger partial charge in [0.1, 0.15) is 0 Å². The van der Waals surface area contributed by atoms with Gasteiger partial charge in [-0.2, -0.15) is 0 Å². The number of carbonyl (C=O) groups excluding carboxylic acids is 1. The lowest BCUT2D eigenvalue weighted by molar-refractivity contribution is -0.141. The zero-order chi connectivity index (χ0) is 9.42. The van der Waals surface area contributed by atoms with E-state index in [1.807, 2.05) is 0 Å². The van der Waals surface area contributed by atoms with Crippen molar-refractivity contribution < 1.29 is 14.7 Å². The molecule has 0 aromatic heterocycles. The van der Waals surface area contributed by atoms with Crippen molar-refractivity contribution >= 4 is 11.8 Å². The van der Waals surface area contributed by atoms with Crippen LogP contribution in [-0.4, -0.2) is 16.9 Å². The molecule has 3 heteroatoms. The second kappa shape index (κ2) is 2.98. The molecule has 0 amide bonds. The van der Waals surface area contributed by atoms with Crippen molar-refractivity contribution in [2.45, 2.75) is 25.7 Å². The van der Waals surface area contributed by atoms with Gasteiger partial charge in [-0.05, 0) is 31.3 Å². The van der Waals surface area contributed by atoms with Crippen LogP contribution < -0.4 is 0 Å². The molecule has 0 aromatic rings. The monoisotopic (exact) mass is 180 g/mol. The van der Waals surface area contributed by atoms with Crippen molar-refractivity contribution in [1.82, 2.24) is 0 Å². The highest BCUT2D eigenvalue weighted by Gasteiger charge is 2.35. The number of hydrogen-bond donors (Lipinski definition) is 1. The lowest BCUT2D eigenvalue weighted by atomic mass is 9.90. The highest BCUT2D eigenvalue weighted by atomic mass is 16.4. The lowest BCUT2D eigenvalue weighted by Crippen LogP contribution is -2.10. The van der Waals surface area contributed by atoms with Crippen molar-refractivity contribution in [3.8, 4) is 0 Å². The molecule has 0 heterocycles. The third-order valence-electron chi connectivity index (χ3n) is 3.01. The van der Waals surface area contributed by atoms with Gasteiger partial charge in [-0.15, -0.1) is 0 Å². The second-order valence-electron chi connectivity index (χ2n) is 3.90. The van der Waals surface area contributed by atoms with E-state index < -0.39 is 5.97 Å². The zero-order valence-electron chi connectivity index (χ0n) is 7.32. The van der Waals surface area contributed by atoms with E-state index in [2.05, 4.69) is 0 Å². The number of hydrogen-bond acceptors (Lipinski definition) is 2. The van der Waals surface area contributed by atoms with E-state index >= 15 is 0 Å². The molecule has 70 valence electrons. The van der Waals surface area contributed by atoms with Crippen molar-refractivity contribution in [3.63, 3.8) is 0 Å². The first-order chi connectivity index (χ1) is 6.16. The number of ketones is 1. The maximum absolute atomic E-state index is 11.1. The largest absolute Gasteiger partial charge is 0.481 e. The fraction of sp³-hybridized carbons (Fsp3) is 0.600. The molecule has 0 radical (unpaired) electrons. The molecule has 0 aromatic carbocycles. The first-order valence-corrected chi connectivity index (χ1v) is 4.63. The molecule has 1 N–H and O–H groups in total. The minimum absolute atomic E-state index is 0.164. The summed E-state index contributed by atoms with van der Waals surface area (Å²) in [6.45, 7) is 0. The Morgan fingerprint density at radius 3 is 3.00 bits per heavy atom. The molecule has 2 aliphatic carbocycles. The molecule has 2 aliphatic rings. The summed E-state index contributed by atoms with van der Waals surface area (Å²) in [7, 11) is 0. The Balaban J connectivity index is 2.15.